The number of hydrogen-bond donors (Lipinski definition) is 1. The molecule has 1 heterocycles. The Balaban J connectivity index is 1.98. The molecule has 0 amide bonds. The highest BCUT2D eigenvalue weighted by molar-refractivity contribution is 8.00. The zero-order chi connectivity index (χ0) is 10.7. The standard InChI is InChI=1S/C12H20N2S/c1-10-12(9-13,7-8-15-10)14-11-5-3-2-4-6-11/h10-11,14H,2-8H2,1H3. The molecule has 1 aliphatic carbocycles. The molecule has 1 saturated heterocycles. The molecule has 2 unspecified atom stereocenters. The van der Waals surface area contributed by atoms with Crippen molar-refractivity contribution in [3.8, 4) is 6.07 Å². The minimum absolute atomic E-state index is 0.229. The van der Waals surface area contributed by atoms with Gasteiger partial charge in [0.15, 0.2) is 0 Å². The van der Waals surface area contributed by atoms with Gasteiger partial charge in [-0.2, -0.15) is 17.0 Å². The van der Waals surface area contributed by atoms with E-state index < -0.39 is 0 Å². The van der Waals surface area contributed by atoms with E-state index in [1.54, 1.807) is 0 Å². The van der Waals surface area contributed by atoms with E-state index in [1.807, 2.05) is 11.8 Å². The summed E-state index contributed by atoms with van der Waals surface area (Å²) in [4.78, 5) is 0. The Morgan fingerprint density at radius 2 is 2.07 bits per heavy atom. The minimum Gasteiger partial charge on any atom is -0.296 e. The van der Waals surface area contributed by atoms with E-state index in [4.69, 9.17) is 0 Å². The average molecular weight is 224 g/mol. The molecule has 1 N–H and O–H groups in total. The van der Waals surface area contributed by atoms with E-state index in [9.17, 15) is 5.26 Å². The second-order valence-electron chi connectivity index (χ2n) is 4.83. The maximum absolute atomic E-state index is 9.39. The van der Waals surface area contributed by atoms with E-state index in [0.717, 1.165) is 12.2 Å². The fraction of sp³-hybridized carbons (Fsp3) is 0.917. The number of rotatable bonds is 2. The van der Waals surface area contributed by atoms with Gasteiger partial charge in [-0.3, -0.25) is 5.32 Å². The van der Waals surface area contributed by atoms with Crippen molar-refractivity contribution in [1.29, 1.82) is 5.26 Å². The molecule has 0 radical (unpaired) electrons. The first-order valence-electron chi connectivity index (χ1n) is 6.07. The third kappa shape index (κ3) is 2.32. The topological polar surface area (TPSA) is 35.8 Å². The molecule has 0 spiro atoms. The molecule has 1 saturated carbocycles. The maximum atomic E-state index is 9.39. The molecular weight excluding hydrogens is 204 g/mol. The largest absolute Gasteiger partial charge is 0.296 e. The molecule has 1 aliphatic heterocycles. The summed E-state index contributed by atoms with van der Waals surface area (Å²) in [6.07, 6.45) is 7.59. The van der Waals surface area contributed by atoms with Gasteiger partial charge in [-0.25, -0.2) is 0 Å². The summed E-state index contributed by atoms with van der Waals surface area (Å²) in [5.41, 5.74) is -0.229. The molecule has 2 nitrogen and oxygen atoms in total. The van der Waals surface area contributed by atoms with Crippen LogP contribution in [0.4, 0.5) is 0 Å². The van der Waals surface area contributed by atoms with Gasteiger partial charge in [0.1, 0.15) is 5.54 Å². The highest BCUT2D eigenvalue weighted by atomic mass is 32.2. The van der Waals surface area contributed by atoms with Crippen molar-refractivity contribution in [1.82, 2.24) is 5.32 Å². The van der Waals surface area contributed by atoms with Gasteiger partial charge >= 0.3 is 0 Å². The molecule has 2 aliphatic rings. The predicted octanol–water partition coefficient (Wildman–Crippen LogP) is 2.70. The number of nitriles is 1. The highest BCUT2D eigenvalue weighted by Gasteiger charge is 2.42. The van der Waals surface area contributed by atoms with Crippen LogP contribution in [0.25, 0.3) is 0 Å². The molecule has 0 aromatic carbocycles. The van der Waals surface area contributed by atoms with Crippen molar-refractivity contribution in [3.63, 3.8) is 0 Å². The highest BCUT2D eigenvalue weighted by Crippen LogP contribution is 2.36. The summed E-state index contributed by atoms with van der Waals surface area (Å²) in [5, 5.41) is 13.5. The van der Waals surface area contributed by atoms with E-state index in [1.165, 1.54) is 32.1 Å². The van der Waals surface area contributed by atoms with Gasteiger partial charge in [0, 0.05) is 11.3 Å². The summed E-state index contributed by atoms with van der Waals surface area (Å²) in [7, 11) is 0. The molecule has 2 atom stereocenters. The molecular formula is C12H20N2S. The van der Waals surface area contributed by atoms with Crippen LogP contribution >= 0.6 is 11.8 Å². The van der Waals surface area contributed by atoms with Gasteiger partial charge in [0.2, 0.25) is 0 Å². The second kappa shape index (κ2) is 4.76. The van der Waals surface area contributed by atoms with Crippen LogP contribution in [0.2, 0.25) is 0 Å². The van der Waals surface area contributed by atoms with E-state index in [2.05, 4.69) is 18.3 Å². The molecule has 3 heteroatoms. The number of nitrogens with zero attached hydrogens (tertiary/aromatic N) is 1. The first-order valence-corrected chi connectivity index (χ1v) is 7.12. The van der Waals surface area contributed by atoms with Gasteiger partial charge in [0.25, 0.3) is 0 Å². The number of hydrogen-bond acceptors (Lipinski definition) is 3. The fourth-order valence-electron chi connectivity index (χ4n) is 2.72. The van der Waals surface area contributed by atoms with E-state index in [0.29, 0.717) is 11.3 Å². The molecule has 0 aromatic rings. The molecule has 0 bridgehead atoms. The lowest BCUT2D eigenvalue weighted by atomic mass is 9.89. The minimum atomic E-state index is -0.229. The zero-order valence-electron chi connectivity index (χ0n) is 9.46. The van der Waals surface area contributed by atoms with E-state index >= 15 is 0 Å². The lowest BCUT2D eigenvalue weighted by Crippen LogP contribution is -2.53. The Hall–Kier alpha value is -0.200. The van der Waals surface area contributed by atoms with Crippen molar-refractivity contribution in [3.05, 3.63) is 0 Å². The SMILES string of the molecule is CC1SCCC1(C#N)NC1CCCCC1. The van der Waals surface area contributed by atoms with Crippen molar-refractivity contribution in [2.24, 2.45) is 0 Å². The van der Waals surface area contributed by atoms with Crippen molar-refractivity contribution in [2.45, 2.75) is 62.3 Å². The number of nitrogens with one attached hydrogen (secondary N) is 1. The van der Waals surface area contributed by atoms with Crippen LogP contribution in [0.5, 0.6) is 0 Å². The molecule has 2 rings (SSSR count). The zero-order valence-corrected chi connectivity index (χ0v) is 10.3. The smallest absolute Gasteiger partial charge is 0.119 e. The van der Waals surface area contributed by atoms with Crippen LogP contribution in [0, 0.1) is 11.3 Å². The van der Waals surface area contributed by atoms with E-state index in [-0.39, 0.29) is 5.54 Å². The predicted molar refractivity (Wildman–Crippen MR) is 64.9 cm³/mol. The molecule has 0 aromatic heterocycles. The van der Waals surface area contributed by atoms with Crippen LogP contribution in [-0.2, 0) is 0 Å². The van der Waals surface area contributed by atoms with Crippen LogP contribution in [0.15, 0.2) is 0 Å². The summed E-state index contributed by atoms with van der Waals surface area (Å²) in [6, 6.07) is 3.14. The maximum Gasteiger partial charge on any atom is 0.119 e. The van der Waals surface area contributed by atoms with Gasteiger partial charge in [-0.1, -0.05) is 26.2 Å². The lowest BCUT2D eigenvalue weighted by Gasteiger charge is -2.33. The Kier molecular flexibility index (Phi) is 3.58. The average Bonchev–Trinajstić information content (AvgIpc) is 2.62. The van der Waals surface area contributed by atoms with Gasteiger partial charge < -0.3 is 0 Å². The fourth-order valence-corrected chi connectivity index (χ4v) is 4.04. The van der Waals surface area contributed by atoms with Crippen molar-refractivity contribution >= 4 is 11.8 Å². The van der Waals surface area contributed by atoms with Gasteiger partial charge in [0.05, 0.1) is 6.07 Å². The van der Waals surface area contributed by atoms with Crippen LogP contribution in [0.1, 0.15) is 45.4 Å². The lowest BCUT2D eigenvalue weighted by molar-refractivity contribution is 0.293. The Morgan fingerprint density at radius 3 is 2.60 bits per heavy atom. The summed E-state index contributed by atoms with van der Waals surface area (Å²) < 4.78 is 0. The summed E-state index contributed by atoms with van der Waals surface area (Å²) >= 11 is 1.93. The number of thioether (sulfide) groups is 1. The van der Waals surface area contributed by atoms with Gasteiger partial charge in [-0.05, 0) is 25.0 Å². The normalized spacial score (nSPS) is 37.7. The summed E-state index contributed by atoms with van der Waals surface area (Å²) in [6.45, 7) is 2.19. The Labute approximate surface area is 96.8 Å². The van der Waals surface area contributed by atoms with Gasteiger partial charge in [-0.15, -0.1) is 0 Å². The molecule has 15 heavy (non-hydrogen) atoms. The van der Waals surface area contributed by atoms with Crippen molar-refractivity contribution in [2.75, 3.05) is 5.75 Å². The first-order chi connectivity index (χ1) is 7.27. The second-order valence-corrected chi connectivity index (χ2v) is 6.27. The molecule has 2 fully saturated rings. The monoisotopic (exact) mass is 224 g/mol. The quantitative estimate of drug-likeness (QED) is 0.783. The van der Waals surface area contributed by atoms with Crippen LogP contribution < -0.4 is 5.32 Å². The Bertz CT molecular complexity index is 255. The molecule has 84 valence electrons. The van der Waals surface area contributed by atoms with Crippen molar-refractivity contribution < 1.29 is 0 Å². The Morgan fingerprint density at radius 1 is 1.33 bits per heavy atom. The first kappa shape index (κ1) is 11.3. The summed E-state index contributed by atoms with van der Waals surface area (Å²) in [5.74, 6) is 1.13. The third-order valence-corrected chi connectivity index (χ3v) is 5.17. The van der Waals surface area contributed by atoms with Crippen LogP contribution in [-0.4, -0.2) is 22.6 Å². The third-order valence-electron chi connectivity index (χ3n) is 3.82. The van der Waals surface area contributed by atoms with Crippen LogP contribution in [0.3, 0.4) is 0 Å².